The third-order valence-electron chi connectivity index (χ3n) is 7.31. The molecule has 7 rings (SSSR count). The molecule has 0 N–H and O–H groups in total. The van der Waals surface area contributed by atoms with E-state index in [4.69, 9.17) is 0 Å². The monoisotopic (exact) mass is 498 g/mol. The van der Waals surface area contributed by atoms with Crippen LogP contribution in [0.4, 0.5) is 0 Å². The summed E-state index contributed by atoms with van der Waals surface area (Å²) in [6, 6.07) is 40.8. The van der Waals surface area contributed by atoms with Crippen LogP contribution in [-0.4, -0.2) is 0 Å². The molecule has 0 radical (unpaired) electrons. The second kappa shape index (κ2) is 9.20. The Morgan fingerprint density at radius 3 is 1.17 bits per heavy atom. The summed E-state index contributed by atoms with van der Waals surface area (Å²) in [6.07, 6.45) is 4.31. The molecule has 0 spiro atoms. The van der Waals surface area contributed by atoms with Crippen LogP contribution in [0.15, 0.2) is 109 Å². The van der Waals surface area contributed by atoms with E-state index in [1.807, 2.05) is 22.7 Å². The van der Waals surface area contributed by atoms with Gasteiger partial charge in [0.1, 0.15) is 0 Å². The molecule has 2 heteroatoms. The van der Waals surface area contributed by atoms with E-state index in [9.17, 15) is 0 Å². The second-order valence-electron chi connectivity index (χ2n) is 9.67. The maximum atomic E-state index is 2.40. The predicted molar refractivity (Wildman–Crippen MR) is 160 cm³/mol. The van der Waals surface area contributed by atoms with Gasteiger partial charge in [0.15, 0.2) is 0 Å². The molecule has 0 saturated carbocycles. The summed E-state index contributed by atoms with van der Waals surface area (Å²) in [7, 11) is 0. The number of hydrogen-bond donors (Lipinski definition) is 0. The number of benzene rings is 5. The molecule has 36 heavy (non-hydrogen) atoms. The van der Waals surface area contributed by atoms with Crippen LogP contribution in [0.1, 0.15) is 22.3 Å². The Labute approximate surface area is 219 Å². The summed E-state index contributed by atoms with van der Waals surface area (Å²) in [6.45, 7) is 0. The minimum Gasteiger partial charge on any atom is -0.135 e. The summed E-state index contributed by atoms with van der Waals surface area (Å²) in [5.74, 6) is 0. The lowest BCUT2D eigenvalue weighted by Crippen LogP contribution is -1.94. The first-order valence-corrected chi connectivity index (χ1v) is 14.3. The van der Waals surface area contributed by atoms with Crippen LogP contribution >= 0.6 is 22.7 Å². The minimum absolute atomic E-state index is 1.08. The summed E-state index contributed by atoms with van der Waals surface area (Å²) in [5, 5.41) is 5.57. The Morgan fingerprint density at radius 1 is 0.333 bits per heavy atom. The summed E-state index contributed by atoms with van der Waals surface area (Å²) >= 11 is 3.78. The van der Waals surface area contributed by atoms with Gasteiger partial charge in [-0.1, -0.05) is 72.8 Å². The topological polar surface area (TPSA) is 0 Å². The van der Waals surface area contributed by atoms with Gasteiger partial charge in [0.25, 0.3) is 0 Å². The van der Waals surface area contributed by atoms with Crippen LogP contribution in [0.5, 0.6) is 0 Å². The second-order valence-corrected chi connectivity index (χ2v) is 11.8. The van der Waals surface area contributed by atoms with Crippen LogP contribution in [0.2, 0.25) is 0 Å². The van der Waals surface area contributed by atoms with Gasteiger partial charge in [0.05, 0.1) is 0 Å². The fourth-order valence-corrected chi connectivity index (χ4v) is 7.48. The van der Waals surface area contributed by atoms with Gasteiger partial charge in [-0.3, -0.25) is 0 Å². The summed E-state index contributed by atoms with van der Waals surface area (Å²) < 4.78 is 5.53. The Morgan fingerprint density at radius 2 is 0.694 bits per heavy atom. The van der Waals surface area contributed by atoms with Crippen molar-refractivity contribution in [2.75, 3.05) is 0 Å². The molecule has 5 aromatic carbocycles. The number of aryl methyl sites for hydroxylation is 4. The smallest absolute Gasteiger partial charge is 0.0355 e. The number of thiophene rings is 2. The van der Waals surface area contributed by atoms with Gasteiger partial charge < -0.3 is 0 Å². The van der Waals surface area contributed by atoms with Crippen molar-refractivity contribution in [2.24, 2.45) is 0 Å². The van der Waals surface area contributed by atoms with Crippen molar-refractivity contribution in [1.29, 1.82) is 0 Å². The normalized spacial score (nSPS) is 11.8. The average molecular weight is 499 g/mol. The molecule has 0 unspecified atom stereocenters. The third kappa shape index (κ3) is 4.11. The molecule has 0 saturated heterocycles. The summed E-state index contributed by atoms with van der Waals surface area (Å²) in [4.78, 5) is 0. The first-order valence-electron chi connectivity index (χ1n) is 12.7. The van der Waals surface area contributed by atoms with Crippen LogP contribution in [0.3, 0.4) is 0 Å². The van der Waals surface area contributed by atoms with Crippen molar-refractivity contribution in [3.8, 4) is 0 Å². The van der Waals surface area contributed by atoms with Crippen molar-refractivity contribution in [2.45, 2.75) is 25.7 Å². The van der Waals surface area contributed by atoms with E-state index in [1.165, 1.54) is 62.6 Å². The lowest BCUT2D eigenvalue weighted by atomic mass is 9.99. The van der Waals surface area contributed by atoms with Crippen molar-refractivity contribution in [3.63, 3.8) is 0 Å². The van der Waals surface area contributed by atoms with Gasteiger partial charge >= 0.3 is 0 Å². The highest BCUT2D eigenvalue weighted by molar-refractivity contribution is 7.26. The molecular formula is C34H26S2. The zero-order valence-corrected chi connectivity index (χ0v) is 21.7. The van der Waals surface area contributed by atoms with Gasteiger partial charge in [-0.2, -0.15) is 0 Å². The van der Waals surface area contributed by atoms with E-state index in [0.717, 1.165) is 25.7 Å². The number of rotatable bonds is 6. The SMILES string of the molecule is c1ccc2c(c1)sc1ccc(CCc3ccc(CCc4ccc5sc6ccccc6c5c4)cc3)cc12. The minimum atomic E-state index is 1.08. The molecule has 2 heterocycles. The zero-order chi connectivity index (χ0) is 23.9. The van der Waals surface area contributed by atoms with E-state index in [2.05, 4.69) is 109 Å². The standard InChI is InChI=1S/C34H26S2/c1-3-7-31-27(5-1)29-21-25(17-19-33(29)35-31)15-13-23-9-11-24(12-10-23)14-16-26-18-20-34-30(22-26)28-6-2-4-8-32(28)36-34/h1-12,17-22H,13-16H2. The molecule has 0 atom stereocenters. The van der Waals surface area contributed by atoms with Crippen LogP contribution < -0.4 is 0 Å². The average Bonchev–Trinajstić information content (AvgIpc) is 3.49. The maximum absolute atomic E-state index is 2.40. The van der Waals surface area contributed by atoms with E-state index < -0.39 is 0 Å². The molecule has 2 aromatic heterocycles. The molecule has 0 nitrogen and oxygen atoms in total. The van der Waals surface area contributed by atoms with Crippen molar-refractivity contribution in [1.82, 2.24) is 0 Å². The number of hydrogen-bond acceptors (Lipinski definition) is 2. The Bertz CT molecular complexity index is 1700. The quantitative estimate of drug-likeness (QED) is 0.214. The largest absolute Gasteiger partial charge is 0.135 e. The van der Waals surface area contributed by atoms with E-state index in [0.29, 0.717) is 0 Å². The zero-order valence-electron chi connectivity index (χ0n) is 20.0. The highest BCUT2D eigenvalue weighted by atomic mass is 32.1. The van der Waals surface area contributed by atoms with Gasteiger partial charge in [0, 0.05) is 40.3 Å². The van der Waals surface area contributed by atoms with E-state index in [1.54, 1.807) is 0 Å². The third-order valence-corrected chi connectivity index (χ3v) is 9.61. The highest BCUT2D eigenvalue weighted by Gasteiger charge is 2.07. The van der Waals surface area contributed by atoms with Gasteiger partial charge in [-0.15, -0.1) is 22.7 Å². The molecule has 0 aliphatic rings. The fourth-order valence-electron chi connectivity index (χ4n) is 5.31. The lowest BCUT2D eigenvalue weighted by molar-refractivity contribution is 0.942. The maximum Gasteiger partial charge on any atom is 0.0355 e. The van der Waals surface area contributed by atoms with Gasteiger partial charge in [-0.05, 0) is 84.3 Å². The van der Waals surface area contributed by atoms with Crippen molar-refractivity contribution >= 4 is 63.0 Å². The lowest BCUT2D eigenvalue weighted by Gasteiger charge is -2.06. The Kier molecular flexibility index (Phi) is 5.57. The fraction of sp³-hybridized carbons (Fsp3) is 0.118. The van der Waals surface area contributed by atoms with Crippen LogP contribution in [-0.2, 0) is 25.7 Å². The summed E-state index contributed by atoms with van der Waals surface area (Å²) in [5.41, 5.74) is 5.68. The van der Waals surface area contributed by atoms with Crippen LogP contribution in [0, 0.1) is 0 Å². The molecule has 0 bridgehead atoms. The Balaban J connectivity index is 1.02. The van der Waals surface area contributed by atoms with Crippen LogP contribution in [0.25, 0.3) is 40.3 Å². The van der Waals surface area contributed by atoms with Crippen molar-refractivity contribution in [3.05, 3.63) is 131 Å². The molecule has 0 amide bonds. The highest BCUT2D eigenvalue weighted by Crippen LogP contribution is 2.35. The molecule has 0 aliphatic heterocycles. The molecular weight excluding hydrogens is 473 g/mol. The van der Waals surface area contributed by atoms with Crippen molar-refractivity contribution < 1.29 is 0 Å². The number of fused-ring (bicyclic) bond motifs is 6. The first kappa shape index (κ1) is 21.8. The molecule has 7 aromatic rings. The Hall–Kier alpha value is -3.46. The van der Waals surface area contributed by atoms with Gasteiger partial charge in [-0.25, -0.2) is 0 Å². The molecule has 0 aliphatic carbocycles. The predicted octanol–water partition coefficient (Wildman–Crippen LogP) is 9.99. The van der Waals surface area contributed by atoms with Gasteiger partial charge in [0.2, 0.25) is 0 Å². The molecule has 0 fully saturated rings. The van der Waals surface area contributed by atoms with E-state index >= 15 is 0 Å². The van der Waals surface area contributed by atoms with E-state index in [-0.39, 0.29) is 0 Å². The first-order chi connectivity index (χ1) is 17.8. The molecule has 174 valence electrons.